The lowest BCUT2D eigenvalue weighted by molar-refractivity contribution is -0.139. The largest absolute Gasteiger partial charge is 0.480 e. The summed E-state index contributed by atoms with van der Waals surface area (Å²) in [6.45, 7) is 6.33. The van der Waals surface area contributed by atoms with Gasteiger partial charge in [0.15, 0.2) is 0 Å². The topological polar surface area (TPSA) is 111 Å². The van der Waals surface area contributed by atoms with Gasteiger partial charge in [0.05, 0.1) is 11.6 Å². The van der Waals surface area contributed by atoms with Crippen LogP contribution in [0.4, 0.5) is 4.79 Å². The number of nitrogens with one attached hydrogen (secondary N) is 2. The van der Waals surface area contributed by atoms with Crippen molar-refractivity contribution >= 4 is 12.1 Å². The van der Waals surface area contributed by atoms with E-state index in [2.05, 4.69) is 16.7 Å². The van der Waals surface area contributed by atoms with E-state index in [1.54, 1.807) is 32.9 Å². The van der Waals surface area contributed by atoms with Crippen molar-refractivity contribution in [1.82, 2.24) is 10.6 Å². The summed E-state index contributed by atoms with van der Waals surface area (Å²) in [5, 5.41) is 23.6. The smallest absolute Gasteiger partial charge is 0.408 e. The quantitative estimate of drug-likeness (QED) is 0.623. The fourth-order valence-corrected chi connectivity index (χ4v) is 2.12. The van der Waals surface area contributed by atoms with Crippen LogP contribution in [0.25, 0.3) is 0 Å². The molecule has 0 unspecified atom stereocenters. The molecule has 1 aromatic carbocycles. The third-order valence-electron chi connectivity index (χ3n) is 3.22. The molecule has 0 fully saturated rings. The Morgan fingerprint density at radius 2 is 2.08 bits per heavy atom. The van der Waals surface area contributed by atoms with Gasteiger partial charge < -0.3 is 20.5 Å². The average Bonchev–Trinajstić information content (AvgIpc) is 2.51. The van der Waals surface area contributed by atoms with Gasteiger partial charge in [-0.15, -0.1) is 0 Å². The van der Waals surface area contributed by atoms with E-state index in [1.165, 1.54) is 0 Å². The van der Waals surface area contributed by atoms with Gasteiger partial charge in [-0.05, 0) is 57.9 Å². The standard InChI is InChI=1S/C18H25N3O4/c1-18(2,3)25-17(24)21-15(16(22)23)8-5-9-20-12-14-7-4-6-13(10-14)11-19/h4,6-7,10,15,20H,5,8-9,12H2,1-3H3,(H,21,24)(H,22,23)/t15-/m0/s1. The first-order valence-corrected chi connectivity index (χ1v) is 8.13. The van der Waals surface area contributed by atoms with Crippen LogP contribution in [0.15, 0.2) is 24.3 Å². The Morgan fingerprint density at radius 3 is 2.68 bits per heavy atom. The Morgan fingerprint density at radius 1 is 1.36 bits per heavy atom. The van der Waals surface area contributed by atoms with Crippen LogP contribution in [-0.2, 0) is 16.1 Å². The van der Waals surface area contributed by atoms with E-state index in [0.717, 1.165) is 5.56 Å². The highest BCUT2D eigenvalue weighted by molar-refractivity contribution is 5.79. The number of nitrogens with zero attached hydrogens (tertiary/aromatic N) is 1. The molecular weight excluding hydrogens is 322 g/mol. The number of carboxylic acids is 1. The molecule has 1 atom stereocenters. The third-order valence-corrected chi connectivity index (χ3v) is 3.22. The highest BCUT2D eigenvalue weighted by atomic mass is 16.6. The molecule has 0 aliphatic carbocycles. The first-order chi connectivity index (χ1) is 11.7. The molecule has 0 bridgehead atoms. The number of carboxylic acid groups (broad SMARTS) is 1. The van der Waals surface area contributed by atoms with Crippen molar-refractivity contribution in [2.45, 2.75) is 51.8 Å². The van der Waals surface area contributed by atoms with Gasteiger partial charge in [0.2, 0.25) is 0 Å². The molecule has 0 radical (unpaired) electrons. The van der Waals surface area contributed by atoms with E-state index in [1.807, 2.05) is 12.1 Å². The van der Waals surface area contributed by atoms with Crippen molar-refractivity contribution in [2.24, 2.45) is 0 Å². The van der Waals surface area contributed by atoms with Crippen LogP contribution in [-0.4, -0.2) is 35.4 Å². The Bertz CT molecular complexity index is 632. The summed E-state index contributed by atoms with van der Waals surface area (Å²) in [6.07, 6.45) is 0.131. The normalized spacial score (nSPS) is 12.1. The van der Waals surface area contributed by atoms with Crippen LogP contribution in [0.2, 0.25) is 0 Å². The molecule has 0 aliphatic rings. The van der Waals surface area contributed by atoms with Crippen molar-refractivity contribution in [3.63, 3.8) is 0 Å². The molecule has 25 heavy (non-hydrogen) atoms. The molecule has 0 heterocycles. The molecule has 136 valence electrons. The summed E-state index contributed by atoms with van der Waals surface area (Å²) in [5.74, 6) is -1.09. The van der Waals surface area contributed by atoms with Gasteiger partial charge in [0.1, 0.15) is 11.6 Å². The van der Waals surface area contributed by atoms with Gasteiger partial charge in [-0.3, -0.25) is 0 Å². The van der Waals surface area contributed by atoms with Gasteiger partial charge >= 0.3 is 12.1 Å². The number of amides is 1. The van der Waals surface area contributed by atoms with E-state index in [4.69, 9.17) is 10.00 Å². The lowest BCUT2D eigenvalue weighted by Gasteiger charge is -2.22. The van der Waals surface area contributed by atoms with Gasteiger partial charge in [-0.25, -0.2) is 9.59 Å². The predicted molar refractivity (Wildman–Crippen MR) is 92.9 cm³/mol. The monoisotopic (exact) mass is 347 g/mol. The number of carbonyl (C=O) groups excluding carboxylic acids is 1. The first kappa shape index (κ1) is 20.5. The summed E-state index contributed by atoms with van der Waals surface area (Å²) in [7, 11) is 0. The van der Waals surface area contributed by atoms with E-state index < -0.39 is 23.7 Å². The fraction of sp³-hybridized carbons (Fsp3) is 0.500. The van der Waals surface area contributed by atoms with Crippen molar-refractivity contribution in [2.75, 3.05) is 6.54 Å². The molecule has 7 nitrogen and oxygen atoms in total. The van der Waals surface area contributed by atoms with Crippen molar-refractivity contribution in [3.8, 4) is 6.07 Å². The summed E-state index contributed by atoms with van der Waals surface area (Å²) in [4.78, 5) is 22.9. The van der Waals surface area contributed by atoms with E-state index in [9.17, 15) is 14.7 Å². The zero-order valence-electron chi connectivity index (χ0n) is 14.8. The second-order valence-corrected chi connectivity index (χ2v) is 6.67. The molecular formula is C18H25N3O4. The predicted octanol–water partition coefficient (Wildman–Crippen LogP) is 2.41. The molecule has 3 N–H and O–H groups in total. The van der Waals surface area contributed by atoms with Crippen LogP contribution < -0.4 is 10.6 Å². The molecule has 1 amide bonds. The first-order valence-electron chi connectivity index (χ1n) is 8.13. The summed E-state index contributed by atoms with van der Waals surface area (Å²) in [5.41, 5.74) is 0.916. The molecule has 1 aromatic rings. The second kappa shape index (κ2) is 9.64. The molecule has 0 aromatic heterocycles. The van der Waals surface area contributed by atoms with Crippen LogP contribution in [0.1, 0.15) is 44.7 Å². The second-order valence-electron chi connectivity index (χ2n) is 6.67. The van der Waals surface area contributed by atoms with Gasteiger partial charge in [-0.1, -0.05) is 12.1 Å². The summed E-state index contributed by atoms with van der Waals surface area (Å²) < 4.78 is 5.07. The zero-order chi connectivity index (χ0) is 18.9. The van der Waals surface area contributed by atoms with Gasteiger partial charge in [-0.2, -0.15) is 5.26 Å². The fourth-order valence-electron chi connectivity index (χ4n) is 2.12. The summed E-state index contributed by atoms with van der Waals surface area (Å²) in [6, 6.07) is 8.37. The Balaban J connectivity index is 2.34. The number of alkyl carbamates (subject to hydrolysis) is 1. The maximum atomic E-state index is 11.7. The minimum Gasteiger partial charge on any atom is -0.480 e. The van der Waals surface area contributed by atoms with Crippen molar-refractivity contribution < 1.29 is 19.4 Å². The molecule has 0 saturated heterocycles. The minimum absolute atomic E-state index is 0.291. The maximum absolute atomic E-state index is 11.7. The van der Waals surface area contributed by atoms with Crippen molar-refractivity contribution in [3.05, 3.63) is 35.4 Å². The van der Waals surface area contributed by atoms with Crippen LogP contribution in [0.3, 0.4) is 0 Å². The Hall–Kier alpha value is -2.59. The Labute approximate surface area is 148 Å². The van der Waals surface area contributed by atoms with Crippen LogP contribution in [0.5, 0.6) is 0 Å². The average molecular weight is 347 g/mol. The van der Waals surface area contributed by atoms with Gasteiger partial charge in [0.25, 0.3) is 0 Å². The van der Waals surface area contributed by atoms with E-state index in [0.29, 0.717) is 31.5 Å². The molecule has 7 heteroatoms. The molecule has 1 rings (SSSR count). The number of hydrogen-bond donors (Lipinski definition) is 3. The number of carbonyl (C=O) groups is 2. The van der Waals surface area contributed by atoms with Gasteiger partial charge in [0, 0.05) is 6.54 Å². The van der Waals surface area contributed by atoms with Crippen LogP contribution in [0, 0.1) is 11.3 Å². The minimum atomic E-state index is -1.09. The number of hydrogen-bond acceptors (Lipinski definition) is 5. The van der Waals surface area contributed by atoms with Crippen molar-refractivity contribution in [1.29, 1.82) is 5.26 Å². The van der Waals surface area contributed by atoms with Crippen LogP contribution >= 0.6 is 0 Å². The molecule has 0 saturated carbocycles. The lowest BCUT2D eigenvalue weighted by Crippen LogP contribution is -2.43. The number of nitriles is 1. The Kier molecular flexibility index (Phi) is 7.89. The SMILES string of the molecule is CC(C)(C)OC(=O)N[C@@H](CCCNCc1cccc(C#N)c1)C(=O)O. The lowest BCUT2D eigenvalue weighted by atomic mass is 10.1. The number of benzene rings is 1. The zero-order valence-corrected chi connectivity index (χ0v) is 14.8. The number of rotatable bonds is 8. The molecule has 0 spiro atoms. The summed E-state index contributed by atoms with van der Waals surface area (Å²) >= 11 is 0. The van der Waals surface area contributed by atoms with E-state index >= 15 is 0 Å². The highest BCUT2D eigenvalue weighted by Crippen LogP contribution is 2.08. The third kappa shape index (κ3) is 8.72. The highest BCUT2D eigenvalue weighted by Gasteiger charge is 2.23. The number of aliphatic carboxylic acids is 1. The maximum Gasteiger partial charge on any atom is 0.408 e. The van der Waals surface area contributed by atoms with E-state index in [-0.39, 0.29) is 0 Å². The number of ether oxygens (including phenoxy) is 1. The molecule has 0 aliphatic heterocycles.